The normalized spacial score (nSPS) is 21.8. The molecule has 1 heterocycles. The van der Waals surface area contributed by atoms with Crippen molar-refractivity contribution in [2.75, 3.05) is 31.9 Å². The van der Waals surface area contributed by atoms with Gasteiger partial charge in [-0.15, -0.1) is 0 Å². The summed E-state index contributed by atoms with van der Waals surface area (Å²) in [4.78, 5) is 2.17. The fourth-order valence-electron chi connectivity index (χ4n) is 2.42. The van der Waals surface area contributed by atoms with Gasteiger partial charge in [-0.2, -0.15) is 13.2 Å². The van der Waals surface area contributed by atoms with Gasteiger partial charge in [0.15, 0.2) is 0 Å². The lowest BCUT2D eigenvalue weighted by atomic mass is 9.92. The summed E-state index contributed by atoms with van der Waals surface area (Å²) in [6.07, 6.45) is 3.05. The Morgan fingerprint density at radius 2 is 1.94 bits per heavy atom. The molecule has 18 heavy (non-hydrogen) atoms. The lowest BCUT2D eigenvalue weighted by Crippen LogP contribution is -2.51. The van der Waals surface area contributed by atoms with Crippen molar-refractivity contribution in [1.82, 2.24) is 10.2 Å². The van der Waals surface area contributed by atoms with Gasteiger partial charge < -0.3 is 10.2 Å². The lowest BCUT2D eigenvalue weighted by Gasteiger charge is -2.35. The minimum Gasteiger partial charge on any atom is -0.310 e. The summed E-state index contributed by atoms with van der Waals surface area (Å²) >= 11 is 0.0873. The van der Waals surface area contributed by atoms with Crippen molar-refractivity contribution in [1.29, 1.82) is 0 Å². The van der Waals surface area contributed by atoms with Gasteiger partial charge >= 0.3 is 5.51 Å². The van der Waals surface area contributed by atoms with Crippen LogP contribution in [0.25, 0.3) is 0 Å². The Kier molecular flexibility index (Phi) is 6.27. The van der Waals surface area contributed by atoms with Crippen LogP contribution in [0.5, 0.6) is 0 Å². The van der Waals surface area contributed by atoms with Crippen LogP contribution in [-0.4, -0.2) is 47.9 Å². The van der Waals surface area contributed by atoms with Crippen LogP contribution < -0.4 is 5.32 Å². The number of nitrogens with zero attached hydrogens (tertiary/aromatic N) is 1. The minimum absolute atomic E-state index is 0.0827. The topological polar surface area (TPSA) is 15.3 Å². The van der Waals surface area contributed by atoms with E-state index >= 15 is 0 Å². The van der Waals surface area contributed by atoms with Gasteiger partial charge in [0, 0.05) is 24.4 Å². The molecule has 1 aliphatic heterocycles. The SMILES string of the molecule is CCC1(CC)CN(CCSC(F)(F)F)CCCN1. The van der Waals surface area contributed by atoms with Crippen molar-refractivity contribution in [2.24, 2.45) is 0 Å². The van der Waals surface area contributed by atoms with Crippen LogP contribution in [0.4, 0.5) is 13.2 Å². The Morgan fingerprint density at radius 1 is 1.28 bits per heavy atom. The number of halogens is 3. The smallest absolute Gasteiger partial charge is 0.310 e. The molecule has 6 heteroatoms. The molecule has 1 rings (SSSR count). The molecule has 0 radical (unpaired) electrons. The lowest BCUT2D eigenvalue weighted by molar-refractivity contribution is -0.0328. The summed E-state index contributed by atoms with van der Waals surface area (Å²) in [5.41, 5.74) is -4.02. The Balaban J connectivity index is 2.44. The fourth-order valence-corrected chi connectivity index (χ4v) is 3.01. The molecule has 1 N–H and O–H groups in total. The van der Waals surface area contributed by atoms with E-state index in [4.69, 9.17) is 0 Å². The number of rotatable bonds is 5. The molecular weight excluding hydrogens is 261 g/mol. The second-order valence-corrected chi connectivity index (χ2v) is 6.00. The maximum atomic E-state index is 12.1. The van der Waals surface area contributed by atoms with Gasteiger partial charge in [-0.1, -0.05) is 13.8 Å². The van der Waals surface area contributed by atoms with Crippen molar-refractivity contribution < 1.29 is 13.2 Å². The second-order valence-electron chi connectivity index (χ2n) is 4.84. The highest BCUT2D eigenvalue weighted by Gasteiger charge is 2.31. The van der Waals surface area contributed by atoms with E-state index in [0.29, 0.717) is 6.54 Å². The van der Waals surface area contributed by atoms with Gasteiger partial charge in [0.05, 0.1) is 0 Å². The van der Waals surface area contributed by atoms with E-state index in [1.807, 2.05) is 0 Å². The third-order valence-electron chi connectivity index (χ3n) is 3.70. The molecule has 0 saturated carbocycles. The predicted molar refractivity (Wildman–Crippen MR) is 70.9 cm³/mol. The van der Waals surface area contributed by atoms with Gasteiger partial charge in [0.25, 0.3) is 0 Å². The first-order valence-electron chi connectivity index (χ1n) is 6.59. The number of alkyl halides is 3. The molecule has 1 saturated heterocycles. The maximum absolute atomic E-state index is 12.1. The summed E-state index contributed by atoms with van der Waals surface area (Å²) < 4.78 is 36.3. The first-order valence-corrected chi connectivity index (χ1v) is 7.57. The van der Waals surface area contributed by atoms with Gasteiger partial charge in [-0.05, 0) is 44.1 Å². The van der Waals surface area contributed by atoms with Crippen LogP contribution in [0.1, 0.15) is 33.1 Å². The highest BCUT2D eigenvalue weighted by molar-refractivity contribution is 8.00. The fraction of sp³-hybridized carbons (Fsp3) is 1.00. The summed E-state index contributed by atoms with van der Waals surface area (Å²) in [6, 6.07) is 0. The van der Waals surface area contributed by atoms with Gasteiger partial charge in [-0.3, -0.25) is 0 Å². The van der Waals surface area contributed by atoms with Crippen molar-refractivity contribution in [3.05, 3.63) is 0 Å². The zero-order valence-corrected chi connectivity index (χ0v) is 12.0. The summed E-state index contributed by atoms with van der Waals surface area (Å²) in [6.45, 7) is 7.53. The first kappa shape index (κ1) is 16.1. The van der Waals surface area contributed by atoms with Crippen LogP contribution in [0.15, 0.2) is 0 Å². The molecule has 0 bridgehead atoms. The molecule has 0 atom stereocenters. The van der Waals surface area contributed by atoms with Crippen LogP contribution in [0.3, 0.4) is 0 Å². The molecule has 108 valence electrons. The van der Waals surface area contributed by atoms with Crippen molar-refractivity contribution in [3.63, 3.8) is 0 Å². The molecule has 0 aromatic carbocycles. The minimum atomic E-state index is -4.10. The third kappa shape index (κ3) is 5.36. The standard InChI is InChI=1S/C12H23F3N2S/c1-3-11(4-2)10-17(7-5-6-16-11)8-9-18-12(13,14)15/h16H,3-10H2,1-2H3. The van der Waals surface area contributed by atoms with E-state index in [1.165, 1.54) is 0 Å². The van der Waals surface area contributed by atoms with E-state index in [-0.39, 0.29) is 23.1 Å². The van der Waals surface area contributed by atoms with E-state index in [1.54, 1.807) is 0 Å². The van der Waals surface area contributed by atoms with E-state index in [9.17, 15) is 13.2 Å². The van der Waals surface area contributed by atoms with Crippen LogP contribution in [0, 0.1) is 0 Å². The molecule has 0 aromatic heterocycles. The van der Waals surface area contributed by atoms with Crippen molar-refractivity contribution in [2.45, 2.75) is 44.2 Å². The Labute approximate surface area is 112 Å². The number of thioether (sulfide) groups is 1. The molecule has 0 aliphatic carbocycles. The first-order chi connectivity index (χ1) is 8.41. The third-order valence-corrected chi connectivity index (χ3v) is 4.42. The number of hydrogen-bond donors (Lipinski definition) is 1. The van der Waals surface area contributed by atoms with E-state index in [2.05, 4.69) is 24.1 Å². The highest BCUT2D eigenvalue weighted by Crippen LogP contribution is 2.30. The Bertz CT molecular complexity index is 242. The van der Waals surface area contributed by atoms with Crippen LogP contribution in [-0.2, 0) is 0 Å². The molecule has 0 spiro atoms. The molecule has 0 unspecified atom stereocenters. The molecule has 0 amide bonds. The van der Waals surface area contributed by atoms with Gasteiger partial charge in [-0.25, -0.2) is 0 Å². The Morgan fingerprint density at radius 3 is 2.50 bits per heavy atom. The van der Waals surface area contributed by atoms with E-state index in [0.717, 1.165) is 38.9 Å². The average molecular weight is 284 g/mol. The van der Waals surface area contributed by atoms with Crippen LogP contribution >= 0.6 is 11.8 Å². The molecule has 0 aromatic rings. The molecule has 2 nitrogen and oxygen atoms in total. The highest BCUT2D eigenvalue weighted by atomic mass is 32.2. The Hall–Kier alpha value is 0.0600. The molecular formula is C12H23F3N2S. The molecule has 1 aliphatic rings. The second kappa shape index (κ2) is 7.01. The average Bonchev–Trinajstić information content (AvgIpc) is 2.50. The zero-order chi connectivity index (χ0) is 13.6. The largest absolute Gasteiger partial charge is 0.441 e. The van der Waals surface area contributed by atoms with Crippen molar-refractivity contribution >= 4 is 11.8 Å². The summed E-state index contributed by atoms with van der Waals surface area (Å²) in [5.74, 6) is 0.132. The number of hydrogen-bond acceptors (Lipinski definition) is 3. The van der Waals surface area contributed by atoms with Gasteiger partial charge in [0.1, 0.15) is 0 Å². The van der Waals surface area contributed by atoms with Crippen molar-refractivity contribution in [3.8, 4) is 0 Å². The van der Waals surface area contributed by atoms with Gasteiger partial charge in [0.2, 0.25) is 0 Å². The molecule has 1 fully saturated rings. The monoisotopic (exact) mass is 284 g/mol. The predicted octanol–water partition coefficient (Wildman–Crippen LogP) is 3.09. The van der Waals surface area contributed by atoms with Crippen LogP contribution in [0.2, 0.25) is 0 Å². The summed E-state index contributed by atoms with van der Waals surface area (Å²) in [7, 11) is 0. The summed E-state index contributed by atoms with van der Waals surface area (Å²) in [5, 5.41) is 3.56. The maximum Gasteiger partial charge on any atom is 0.441 e. The number of nitrogens with one attached hydrogen (secondary N) is 1. The zero-order valence-electron chi connectivity index (χ0n) is 11.1. The quantitative estimate of drug-likeness (QED) is 0.835. The van der Waals surface area contributed by atoms with E-state index < -0.39 is 5.51 Å².